The summed E-state index contributed by atoms with van der Waals surface area (Å²) in [5, 5.41) is 3.12. The van der Waals surface area contributed by atoms with E-state index in [0.29, 0.717) is 11.4 Å². The fraction of sp³-hybridized carbons (Fsp3) is 0.500. The highest BCUT2D eigenvalue weighted by molar-refractivity contribution is 5.98. The number of carbonyl (C=O) groups excluding carboxylic acids is 1. The van der Waals surface area contributed by atoms with E-state index in [-0.39, 0.29) is 5.91 Å². The summed E-state index contributed by atoms with van der Waals surface area (Å²) in [7, 11) is 0. The topological polar surface area (TPSA) is 45.2 Å². The molecular formula is C12H17N3O. The van der Waals surface area contributed by atoms with Crippen LogP contribution in [0.4, 0.5) is 5.82 Å². The Kier molecular flexibility index (Phi) is 3.39. The van der Waals surface area contributed by atoms with Gasteiger partial charge in [0, 0.05) is 25.8 Å². The number of anilines is 1. The Hall–Kier alpha value is -1.58. The highest BCUT2D eigenvalue weighted by Crippen LogP contribution is 2.17. The summed E-state index contributed by atoms with van der Waals surface area (Å²) in [5.74, 6) is 0.795. The number of likely N-dealkylation sites (tertiary alicyclic amines) is 1. The van der Waals surface area contributed by atoms with Crippen molar-refractivity contribution >= 4 is 11.7 Å². The number of carbonyl (C=O) groups is 1. The molecule has 4 nitrogen and oxygen atoms in total. The number of nitrogens with zero attached hydrogens (tertiary/aromatic N) is 2. The van der Waals surface area contributed by atoms with Crippen molar-refractivity contribution in [2.45, 2.75) is 19.8 Å². The first-order valence-electron chi connectivity index (χ1n) is 5.81. The molecule has 2 heterocycles. The van der Waals surface area contributed by atoms with Crippen molar-refractivity contribution in [2.75, 3.05) is 25.0 Å². The molecule has 0 saturated carbocycles. The molecular weight excluding hydrogens is 202 g/mol. The molecule has 1 aliphatic heterocycles. The molecule has 0 aliphatic carbocycles. The summed E-state index contributed by atoms with van der Waals surface area (Å²) in [6, 6.07) is 3.65. The van der Waals surface area contributed by atoms with Crippen molar-refractivity contribution in [1.29, 1.82) is 0 Å². The van der Waals surface area contributed by atoms with Crippen LogP contribution in [-0.2, 0) is 0 Å². The SMILES string of the molecule is CCNc1ncccc1C(=O)N1CCCC1. The molecule has 1 aliphatic rings. The molecule has 86 valence electrons. The maximum absolute atomic E-state index is 12.2. The Morgan fingerprint density at radius 3 is 2.94 bits per heavy atom. The lowest BCUT2D eigenvalue weighted by atomic mass is 10.2. The second kappa shape index (κ2) is 4.96. The van der Waals surface area contributed by atoms with Gasteiger partial charge in [-0.3, -0.25) is 4.79 Å². The molecule has 1 saturated heterocycles. The van der Waals surface area contributed by atoms with Crippen LogP contribution < -0.4 is 5.32 Å². The molecule has 0 radical (unpaired) electrons. The van der Waals surface area contributed by atoms with Crippen LogP contribution in [0.3, 0.4) is 0 Å². The highest BCUT2D eigenvalue weighted by atomic mass is 16.2. The fourth-order valence-electron chi connectivity index (χ4n) is 1.98. The van der Waals surface area contributed by atoms with Gasteiger partial charge in [0.25, 0.3) is 5.91 Å². The quantitative estimate of drug-likeness (QED) is 0.842. The maximum atomic E-state index is 12.2. The zero-order valence-corrected chi connectivity index (χ0v) is 9.57. The van der Waals surface area contributed by atoms with Crippen molar-refractivity contribution in [3.05, 3.63) is 23.9 Å². The standard InChI is InChI=1S/C12H17N3O/c1-2-13-11-10(6-5-7-14-11)12(16)15-8-3-4-9-15/h5-7H,2-4,8-9H2,1H3,(H,13,14). The van der Waals surface area contributed by atoms with Crippen LogP contribution in [0.15, 0.2) is 18.3 Å². The third-order valence-corrected chi connectivity index (χ3v) is 2.78. The smallest absolute Gasteiger partial charge is 0.257 e. The number of aromatic nitrogens is 1. The zero-order valence-electron chi connectivity index (χ0n) is 9.57. The number of hydrogen-bond donors (Lipinski definition) is 1. The van der Waals surface area contributed by atoms with Gasteiger partial charge in [0.15, 0.2) is 0 Å². The minimum absolute atomic E-state index is 0.0987. The van der Waals surface area contributed by atoms with E-state index >= 15 is 0 Å². The minimum atomic E-state index is 0.0987. The van der Waals surface area contributed by atoms with Gasteiger partial charge in [-0.25, -0.2) is 4.98 Å². The summed E-state index contributed by atoms with van der Waals surface area (Å²) >= 11 is 0. The van der Waals surface area contributed by atoms with E-state index in [9.17, 15) is 4.79 Å². The maximum Gasteiger partial charge on any atom is 0.257 e. The van der Waals surface area contributed by atoms with Crippen molar-refractivity contribution in [2.24, 2.45) is 0 Å². The molecule has 0 unspecified atom stereocenters. The highest BCUT2D eigenvalue weighted by Gasteiger charge is 2.21. The van der Waals surface area contributed by atoms with Crippen molar-refractivity contribution in [3.63, 3.8) is 0 Å². The van der Waals surface area contributed by atoms with Gasteiger partial charge in [-0.2, -0.15) is 0 Å². The van der Waals surface area contributed by atoms with Crippen LogP contribution in [0, 0.1) is 0 Å². The van der Waals surface area contributed by atoms with Crippen LogP contribution in [-0.4, -0.2) is 35.4 Å². The van der Waals surface area contributed by atoms with E-state index in [1.165, 1.54) is 0 Å². The molecule has 1 amide bonds. The van der Waals surface area contributed by atoms with Crippen LogP contribution in [0.2, 0.25) is 0 Å². The van der Waals surface area contributed by atoms with Crippen LogP contribution in [0.5, 0.6) is 0 Å². The molecule has 1 N–H and O–H groups in total. The Labute approximate surface area is 95.7 Å². The lowest BCUT2D eigenvalue weighted by Crippen LogP contribution is -2.28. The summed E-state index contributed by atoms with van der Waals surface area (Å²) in [6.45, 7) is 4.52. The van der Waals surface area contributed by atoms with E-state index in [1.54, 1.807) is 6.20 Å². The summed E-state index contributed by atoms with van der Waals surface area (Å²) in [6.07, 6.45) is 3.93. The van der Waals surface area contributed by atoms with Gasteiger partial charge in [-0.15, -0.1) is 0 Å². The second-order valence-corrected chi connectivity index (χ2v) is 3.93. The van der Waals surface area contributed by atoms with Gasteiger partial charge in [0.2, 0.25) is 0 Å². The Bertz CT molecular complexity index is 372. The van der Waals surface area contributed by atoms with Crippen LogP contribution >= 0.6 is 0 Å². The number of hydrogen-bond acceptors (Lipinski definition) is 3. The number of pyridine rings is 1. The first-order valence-corrected chi connectivity index (χ1v) is 5.81. The van der Waals surface area contributed by atoms with Crippen molar-refractivity contribution in [3.8, 4) is 0 Å². The molecule has 1 aromatic rings. The van der Waals surface area contributed by atoms with E-state index < -0.39 is 0 Å². The van der Waals surface area contributed by atoms with Gasteiger partial charge in [-0.1, -0.05) is 0 Å². The molecule has 4 heteroatoms. The molecule has 0 spiro atoms. The molecule has 0 bridgehead atoms. The normalized spacial score (nSPS) is 15.2. The average Bonchev–Trinajstić information content (AvgIpc) is 2.83. The van der Waals surface area contributed by atoms with Crippen LogP contribution in [0.25, 0.3) is 0 Å². The number of amides is 1. The first-order chi connectivity index (χ1) is 7.83. The molecule has 16 heavy (non-hydrogen) atoms. The van der Waals surface area contributed by atoms with E-state index in [2.05, 4.69) is 10.3 Å². The molecule has 2 rings (SSSR count). The lowest BCUT2D eigenvalue weighted by molar-refractivity contribution is 0.0793. The first kappa shape index (κ1) is 10.9. The zero-order chi connectivity index (χ0) is 11.4. The van der Waals surface area contributed by atoms with Gasteiger partial charge in [0.05, 0.1) is 5.56 Å². The second-order valence-electron chi connectivity index (χ2n) is 3.93. The minimum Gasteiger partial charge on any atom is -0.370 e. The number of nitrogens with one attached hydrogen (secondary N) is 1. The Balaban J connectivity index is 2.21. The summed E-state index contributed by atoms with van der Waals surface area (Å²) in [4.78, 5) is 18.3. The largest absolute Gasteiger partial charge is 0.370 e. The monoisotopic (exact) mass is 219 g/mol. The molecule has 1 fully saturated rings. The van der Waals surface area contributed by atoms with E-state index in [0.717, 1.165) is 32.5 Å². The van der Waals surface area contributed by atoms with Crippen molar-refractivity contribution < 1.29 is 4.79 Å². The predicted octanol–water partition coefficient (Wildman–Crippen LogP) is 1.75. The predicted molar refractivity (Wildman–Crippen MR) is 63.5 cm³/mol. The molecule has 0 atom stereocenters. The fourth-order valence-corrected chi connectivity index (χ4v) is 1.98. The molecule has 1 aromatic heterocycles. The Morgan fingerprint density at radius 2 is 2.25 bits per heavy atom. The summed E-state index contributed by atoms with van der Waals surface area (Å²) < 4.78 is 0. The van der Waals surface area contributed by atoms with Gasteiger partial charge in [0.1, 0.15) is 5.82 Å². The van der Waals surface area contributed by atoms with Gasteiger partial charge in [-0.05, 0) is 31.9 Å². The van der Waals surface area contributed by atoms with Crippen LogP contribution in [0.1, 0.15) is 30.1 Å². The molecule has 0 aromatic carbocycles. The number of rotatable bonds is 3. The Morgan fingerprint density at radius 1 is 1.50 bits per heavy atom. The van der Waals surface area contributed by atoms with E-state index in [1.807, 2.05) is 24.0 Å². The third-order valence-electron chi connectivity index (χ3n) is 2.78. The lowest BCUT2D eigenvalue weighted by Gasteiger charge is -2.17. The summed E-state index contributed by atoms with van der Waals surface area (Å²) in [5.41, 5.74) is 0.686. The van der Waals surface area contributed by atoms with Crippen molar-refractivity contribution in [1.82, 2.24) is 9.88 Å². The third kappa shape index (κ3) is 2.15. The average molecular weight is 219 g/mol. The van der Waals surface area contributed by atoms with Gasteiger partial charge < -0.3 is 10.2 Å². The van der Waals surface area contributed by atoms with E-state index in [4.69, 9.17) is 0 Å². The van der Waals surface area contributed by atoms with Gasteiger partial charge >= 0.3 is 0 Å².